The molecule has 0 amide bonds. The summed E-state index contributed by atoms with van der Waals surface area (Å²) in [6.45, 7) is 1.62. The fourth-order valence-corrected chi connectivity index (χ4v) is 2.08. The van der Waals surface area contributed by atoms with Gasteiger partial charge in [0.05, 0.1) is 6.61 Å². The van der Waals surface area contributed by atoms with Crippen LogP contribution in [0.4, 0.5) is 0 Å². The predicted octanol–water partition coefficient (Wildman–Crippen LogP) is 4.96. The highest BCUT2D eigenvalue weighted by Gasteiger charge is 1.94. The Kier molecular flexibility index (Phi) is 9.82. The lowest BCUT2D eigenvalue weighted by molar-refractivity contribution is 0.116. The quantitative estimate of drug-likeness (QED) is 0.403. The molecule has 0 radical (unpaired) electrons. The van der Waals surface area contributed by atoms with Gasteiger partial charge in [-0.05, 0) is 18.4 Å². The van der Waals surface area contributed by atoms with Gasteiger partial charge in [-0.25, -0.2) is 0 Å². The summed E-state index contributed by atoms with van der Waals surface area (Å²) in [5.41, 5.74) is 1.26. The number of hydrogen-bond donors (Lipinski definition) is 0. The van der Waals surface area contributed by atoms with E-state index in [-0.39, 0.29) is 0 Å². The van der Waals surface area contributed by atoms with Crippen molar-refractivity contribution in [3.05, 3.63) is 35.9 Å². The van der Waals surface area contributed by atoms with Crippen LogP contribution in [0.3, 0.4) is 0 Å². The SMILES string of the molecule is C#CCCCCCCCCCOCc1ccccc1. The minimum absolute atomic E-state index is 0.743. The molecular weight excluding hydrogens is 232 g/mol. The van der Waals surface area contributed by atoms with E-state index in [0.29, 0.717) is 0 Å². The van der Waals surface area contributed by atoms with Crippen LogP contribution in [0.5, 0.6) is 0 Å². The molecule has 0 saturated carbocycles. The summed E-state index contributed by atoms with van der Waals surface area (Å²) in [6.07, 6.45) is 15.1. The Morgan fingerprint density at radius 3 is 2.16 bits per heavy atom. The normalized spacial score (nSPS) is 10.3. The Morgan fingerprint density at radius 2 is 1.47 bits per heavy atom. The fraction of sp³-hybridized carbons (Fsp3) is 0.556. The Labute approximate surface area is 118 Å². The molecule has 0 unspecified atom stereocenters. The van der Waals surface area contributed by atoms with Crippen LogP contribution in [-0.4, -0.2) is 6.61 Å². The van der Waals surface area contributed by atoms with E-state index in [0.717, 1.165) is 19.6 Å². The number of rotatable bonds is 11. The smallest absolute Gasteiger partial charge is 0.0716 e. The molecule has 1 heteroatoms. The van der Waals surface area contributed by atoms with Crippen LogP contribution in [0.2, 0.25) is 0 Å². The summed E-state index contributed by atoms with van der Waals surface area (Å²) in [4.78, 5) is 0. The van der Waals surface area contributed by atoms with Crippen LogP contribution < -0.4 is 0 Å². The van der Waals surface area contributed by atoms with Crippen LogP contribution in [0, 0.1) is 12.3 Å². The molecule has 0 bridgehead atoms. The van der Waals surface area contributed by atoms with Gasteiger partial charge in [0.1, 0.15) is 0 Å². The number of ether oxygens (including phenoxy) is 1. The fourth-order valence-electron chi connectivity index (χ4n) is 2.08. The molecule has 0 heterocycles. The average Bonchev–Trinajstić information content (AvgIpc) is 2.46. The van der Waals surface area contributed by atoms with Gasteiger partial charge in [-0.2, -0.15) is 0 Å². The van der Waals surface area contributed by atoms with E-state index in [1.807, 2.05) is 6.07 Å². The number of benzene rings is 1. The predicted molar refractivity (Wildman–Crippen MR) is 81.9 cm³/mol. The molecule has 0 spiro atoms. The molecule has 0 atom stereocenters. The third-order valence-electron chi connectivity index (χ3n) is 3.22. The van der Waals surface area contributed by atoms with Crippen LogP contribution in [-0.2, 0) is 11.3 Å². The second-order valence-electron chi connectivity index (χ2n) is 4.97. The minimum Gasteiger partial charge on any atom is -0.377 e. The van der Waals surface area contributed by atoms with Crippen molar-refractivity contribution in [1.29, 1.82) is 0 Å². The van der Waals surface area contributed by atoms with E-state index in [1.165, 1.54) is 50.5 Å². The maximum atomic E-state index is 5.66. The third kappa shape index (κ3) is 9.33. The van der Waals surface area contributed by atoms with Crippen molar-refractivity contribution in [2.24, 2.45) is 0 Å². The van der Waals surface area contributed by atoms with E-state index < -0.39 is 0 Å². The van der Waals surface area contributed by atoms with Gasteiger partial charge in [0, 0.05) is 13.0 Å². The molecule has 0 saturated heterocycles. The summed E-state index contributed by atoms with van der Waals surface area (Å²) in [7, 11) is 0. The van der Waals surface area contributed by atoms with Crippen LogP contribution in [0.1, 0.15) is 56.9 Å². The zero-order chi connectivity index (χ0) is 13.6. The highest BCUT2D eigenvalue weighted by Crippen LogP contribution is 2.09. The Bertz CT molecular complexity index is 336. The number of hydrogen-bond acceptors (Lipinski definition) is 1. The van der Waals surface area contributed by atoms with E-state index in [9.17, 15) is 0 Å². The van der Waals surface area contributed by atoms with E-state index in [2.05, 4.69) is 30.2 Å². The lowest BCUT2D eigenvalue weighted by Gasteiger charge is -2.04. The van der Waals surface area contributed by atoms with Gasteiger partial charge >= 0.3 is 0 Å². The summed E-state index contributed by atoms with van der Waals surface area (Å²) in [5, 5.41) is 0. The number of unbranched alkanes of at least 4 members (excludes halogenated alkanes) is 7. The molecule has 0 N–H and O–H groups in total. The standard InChI is InChI=1S/C18H26O/c1-2-3-4-5-6-7-8-9-13-16-19-17-18-14-11-10-12-15-18/h1,10-12,14-15H,3-9,13,16-17H2. The Hall–Kier alpha value is -1.26. The number of terminal acetylenes is 1. The second kappa shape index (κ2) is 11.8. The lowest BCUT2D eigenvalue weighted by Crippen LogP contribution is -1.95. The minimum atomic E-state index is 0.743. The zero-order valence-electron chi connectivity index (χ0n) is 11.9. The van der Waals surface area contributed by atoms with E-state index >= 15 is 0 Å². The first-order valence-corrected chi connectivity index (χ1v) is 7.48. The van der Waals surface area contributed by atoms with Gasteiger partial charge in [-0.3, -0.25) is 0 Å². The zero-order valence-corrected chi connectivity index (χ0v) is 11.9. The van der Waals surface area contributed by atoms with Gasteiger partial charge < -0.3 is 4.74 Å². The van der Waals surface area contributed by atoms with Crippen molar-refractivity contribution in [3.8, 4) is 12.3 Å². The molecule has 0 aliphatic heterocycles. The lowest BCUT2D eigenvalue weighted by atomic mass is 10.1. The molecule has 0 fully saturated rings. The highest BCUT2D eigenvalue weighted by atomic mass is 16.5. The van der Waals surface area contributed by atoms with Crippen molar-refractivity contribution in [3.63, 3.8) is 0 Å². The molecule has 1 nitrogen and oxygen atoms in total. The monoisotopic (exact) mass is 258 g/mol. The van der Waals surface area contributed by atoms with Crippen LogP contribution in [0.25, 0.3) is 0 Å². The molecule has 0 aliphatic rings. The molecule has 104 valence electrons. The highest BCUT2D eigenvalue weighted by molar-refractivity contribution is 5.13. The molecule has 19 heavy (non-hydrogen) atoms. The van der Waals surface area contributed by atoms with Gasteiger partial charge in [0.25, 0.3) is 0 Å². The van der Waals surface area contributed by atoms with Gasteiger partial charge in [0.15, 0.2) is 0 Å². The van der Waals surface area contributed by atoms with Crippen molar-refractivity contribution in [1.82, 2.24) is 0 Å². The maximum absolute atomic E-state index is 5.66. The first-order chi connectivity index (χ1) is 9.43. The van der Waals surface area contributed by atoms with Crippen molar-refractivity contribution in [2.45, 2.75) is 58.0 Å². The topological polar surface area (TPSA) is 9.23 Å². The van der Waals surface area contributed by atoms with Crippen molar-refractivity contribution in [2.75, 3.05) is 6.61 Å². The average molecular weight is 258 g/mol. The van der Waals surface area contributed by atoms with Crippen molar-refractivity contribution < 1.29 is 4.74 Å². The largest absolute Gasteiger partial charge is 0.377 e. The summed E-state index contributed by atoms with van der Waals surface area (Å²) >= 11 is 0. The molecule has 1 rings (SSSR count). The third-order valence-corrected chi connectivity index (χ3v) is 3.22. The van der Waals surface area contributed by atoms with Crippen molar-refractivity contribution >= 4 is 0 Å². The first-order valence-electron chi connectivity index (χ1n) is 7.48. The van der Waals surface area contributed by atoms with Gasteiger partial charge in [-0.15, -0.1) is 12.3 Å². The second-order valence-corrected chi connectivity index (χ2v) is 4.97. The molecule has 1 aromatic rings. The summed E-state index contributed by atoms with van der Waals surface area (Å²) in [6, 6.07) is 10.4. The molecule has 1 aromatic carbocycles. The Balaban J connectivity index is 1.80. The van der Waals surface area contributed by atoms with E-state index in [4.69, 9.17) is 11.2 Å². The molecule has 0 aromatic heterocycles. The molecular formula is C18H26O. The summed E-state index contributed by atoms with van der Waals surface area (Å²) in [5.74, 6) is 2.69. The van der Waals surface area contributed by atoms with Gasteiger partial charge in [0.2, 0.25) is 0 Å². The van der Waals surface area contributed by atoms with Crippen LogP contribution in [0.15, 0.2) is 30.3 Å². The first kappa shape index (κ1) is 15.8. The molecule has 0 aliphatic carbocycles. The van der Waals surface area contributed by atoms with E-state index in [1.54, 1.807) is 0 Å². The van der Waals surface area contributed by atoms with Gasteiger partial charge in [-0.1, -0.05) is 62.4 Å². The Morgan fingerprint density at radius 1 is 0.842 bits per heavy atom. The maximum Gasteiger partial charge on any atom is 0.0716 e. The summed E-state index contributed by atoms with van der Waals surface area (Å²) < 4.78 is 5.66. The van der Waals surface area contributed by atoms with Crippen LogP contribution >= 0.6 is 0 Å².